The molecular weight excluding hydrogens is 491 g/mol. The number of halogens is 1. The Labute approximate surface area is 199 Å². The molecule has 0 bridgehead atoms. The molecule has 0 saturated heterocycles. The number of hydrogen-bond acceptors (Lipinski definition) is 3. The van der Waals surface area contributed by atoms with Crippen LogP contribution in [0.5, 0.6) is 0 Å². The van der Waals surface area contributed by atoms with Crippen molar-refractivity contribution in [2.75, 3.05) is 33.4 Å². The monoisotopic (exact) mass is 530 g/mol. The van der Waals surface area contributed by atoms with E-state index in [0.29, 0.717) is 17.5 Å². The normalized spacial score (nSPS) is 15.0. The molecule has 0 aromatic heterocycles. The number of methoxy groups -OCH3 is 1. The number of ether oxygens (including phenoxy) is 1. The summed E-state index contributed by atoms with van der Waals surface area (Å²) in [6.07, 6.45) is 6.99. The van der Waals surface area contributed by atoms with Crippen molar-refractivity contribution >= 4 is 35.8 Å². The van der Waals surface area contributed by atoms with Crippen LogP contribution in [0, 0.1) is 5.41 Å². The predicted octanol–water partition coefficient (Wildman–Crippen LogP) is 4.10. The minimum atomic E-state index is -0.00892. The van der Waals surface area contributed by atoms with Gasteiger partial charge in [-0.2, -0.15) is 0 Å². The highest BCUT2D eigenvalue weighted by Crippen LogP contribution is 2.43. The van der Waals surface area contributed by atoms with E-state index in [2.05, 4.69) is 29.8 Å². The Morgan fingerprint density at radius 2 is 1.87 bits per heavy atom. The number of nitrogens with one attached hydrogen (secondary N) is 3. The second kappa shape index (κ2) is 14.6. The zero-order valence-corrected chi connectivity index (χ0v) is 21.1. The predicted molar refractivity (Wildman–Crippen MR) is 135 cm³/mol. The van der Waals surface area contributed by atoms with E-state index < -0.39 is 0 Å². The summed E-state index contributed by atoms with van der Waals surface area (Å²) >= 11 is 0. The number of carbonyl (C=O) groups excluding carboxylic acids is 1. The molecule has 0 heterocycles. The molecule has 1 aromatic rings. The molecule has 0 spiro atoms. The van der Waals surface area contributed by atoms with Crippen molar-refractivity contribution < 1.29 is 9.53 Å². The number of guanidine groups is 1. The van der Waals surface area contributed by atoms with Gasteiger partial charge in [-0.3, -0.25) is 4.79 Å². The quantitative estimate of drug-likeness (QED) is 0.165. The van der Waals surface area contributed by atoms with E-state index >= 15 is 0 Å². The summed E-state index contributed by atoms with van der Waals surface area (Å²) in [6.45, 7) is 8.07. The molecule has 1 aromatic carbocycles. The first-order valence-corrected chi connectivity index (χ1v) is 11.0. The van der Waals surface area contributed by atoms with Gasteiger partial charge in [0.1, 0.15) is 0 Å². The second-order valence-electron chi connectivity index (χ2n) is 7.95. The topological polar surface area (TPSA) is 74.8 Å². The fourth-order valence-electron chi connectivity index (χ4n) is 3.54. The van der Waals surface area contributed by atoms with Crippen LogP contribution in [0.3, 0.4) is 0 Å². The van der Waals surface area contributed by atoms with Gasteiger partial charge in [0.25, 0.3) is 5.91 Å². The van der Waals surface area contributed by atoms with Crippen LogP contribution < -0.4 is 16.0 Å². The van der Waals surface area contributed by atoms with Gasteiger partial charge in [-0.15, -0.1) is 24.0 Å². The fourth-order valence-corrected chi connectivity index (χ4v) is 3.54. The maximum Gasteiger partial charge on any atom is 0.251 e. The van der Waals surface area contributed by atoms with Crippen LogP contribution in [0.4, 0.5) is 0 Å². The number of aliphatic imine (C=N–C) groups is 1. The average Bonchev–Trinajstić information content (AvgIpc) is 2.71. The summed E-state index contributed by atoms with van der Waals surface area (Å²) in [5.74, 6) is 0.836. The maximum absolute atomic E-state index is 12.1. The number of rotatable bonds is 12. The molecule has 2 rings (SSSR count). The first kappa shape index (κ1) is 26.7. The van der Waals surface area contributed by atoms with Gasteiger partial charge in [-0.05, 0) is 55.7 Å². The zero-order chi connectivity index (χ0) is 21.0. The Balaban J connectivity index is 0.00000450. The Kier molecular flexibility index (Phi) is 13.0. The lowest BCUT2D eigenvalue weighted by atomic mass is 9.67. The fraction of sp³-hybridized carbons (Fsp3) is 0.652. The Bertz CT molecular complexity index is 645. The smallest absolute Gasteiger partial charge is 0.251 e. The van der Waals surface area contributed by atoms with E-state index in [-0.39, 0.29) is 29.9 Å². The third-order valence-corrected chi connectivity index (χ3v) is 5.68. The highest BCUT2D eigenvalue weighted by Gasteiger charge is 2.36. The molecule has 0 atom stereocenters. The van der Waals surface area contributed by atoms with Crippen LogP contribution in [0.15, 0.2) is 29.3 Å². The van der Waals surface area contributed by atoms with Crippen LogP contribution in [0.1, 0.15) is 68.3 Å². The van der Waals surface area contributed by atoms with Gasteiger partial charge in [-0.25, -0.2) is 4.99 Å². The zero-order valence-electron chi connectivity index (χ0n) is 18.8. The SMILES string of the molecule is CCCCNC(=O)c1ccc(CN=C(NCC)NCC2(CCOC)CCC2)cc1.I. The number of unbranched alkanes of at least 4 members (excludes halogenated alkanes) is 1. The minimum absolute atomic E-state index is 0. The van der Waals surface area contributed by atoms with Crippen LogP contribution in [-0.4, -0.2) is 45.2 Å². The first-order chi connectivity index (χ1) is 14.1. The summed E-state index contributed by atoms with van der Waals surface area (Å²) < 4.78 is 5.28. The summed E-state index contributed by atoms with van der Waals surface area (Å²) in [7, 11) is 1.77. The molecule has 1 aliphatic carbocycles. The number of benzene rings is 1. The Morgan fingerprint density at radius 1 is 1.13 bits per heavy atom. The number of carbonyl (C=O) groups is 1. The molecule has 30 heavy (non-hydrogen) atoms. The van der Waals surface area contributed by atoms with E-state index in [1.165, 1.54) is 19.3 Å². The van der Waals surface area contributed by atoms with Crippen molar-refractivity contribution in [2.45, 2.75) is 58.9 Å². The van der Waals surface area contributed by atoms with Crippen molar-refractivity contribution in [1.82, 2.24) is 16.0 Å². The van der Waals surface area contributed by atoms with E-state index in [9.17, 15) is 4.79 Å². The molecular formula is C23H39IN4O2. The Hall–Kier alpha value is -1.35. The molecule has 6 nitrogen and oxygen atoms in total. The molecule has 0 unspecified atom stereocenters. The lowest BCUT2D eigenvalue weighted by Gasteiger charge is -2.42. The molecule has 0 aliphatic heterocycles. The average molecular weight is 530 g/mol. The first-order valence-electron chi connectivity index (χ1n) is 11.0. The molecule has 1 fully saturated rings. The van der Waals surface area contributed by atoms with Gasteiger partial charge in [0.05, 0.1) is 6.54 Å². The third-order valence-electron chi connectivity index (χ3n) is 5.68. The van der Waals surface area contributed by atoms with E-state index in [4.69, 9.17) is 9.73 Å². The van der Waals surface area contributed by atoms with Crippen LogP contribution in [-0.2, 0) is 11.3 Å². The standard InChI is InChI=1S/C23H38N4O2.HI/c1-4-6-15-25-21(28)20-10-8-19(9-11-20)17-26-22(24-5-2)27-18-23(12-7-13-23)14-16-29-3;/h8-11H,4-7,12-18H2,1-3H3,(H,25,28)(H2,24,26,27);1H. The summed E-state index contributed by atoms with van der Waals surface area (Å²) in [4.78, 5) is 16.8. The lowest BCUT2D eigenvalue weighted by molar-refractivity contribution is 0.0732. The molecule has 1 aliphatic rings. The van der Waals surface area contributed by atoms with E-state index in [1.807, 2.05) is 24.3 Å². The van der Waals surface area contributed by atoms with Crippen LogP contribution in [0.25, 0.3) is 0 Å². The number of hydrogen-bond donors (Lipinski definition) is 3. The van der Waals surface area contributed by atoms with Gasteiger partial charge in [0.15, 0.2) is 5.96 Å². The third kappa shape index (κ3) is 8.79. The second-order valence-corrected chi connectivity index (χ2v) is 7.95. The number of nitrogens with zero attached hydrogens (tertiary/aromatic N) is 1. The largest absolute Gasteiger partial charge is 0.385 e. The van der Waals surface area contributed by atoms with Crippen molar-refractivity contribution in [3.63, 3.8) is 0 Å². The van der Waals surface area contributed by atoms with Crippen LogP contribution in [0.2, 0.25) is 0 Å². The highest BCUT2D eigenvalue weighted by atomic mass is 127. The van der Waals surface area contributed by atoms with Crippen LogP contribution >= 0.6 is 24.0 Å². The molecule has 1 amide bonds. The molecule has 1 saturated carbocycles. The van der Waals surface area contributed by atoms with Crippen molar-refractivity contribution in [2.24, 2.45) is 10.4 Å². The van der Waals surface area contributed by atoms with Gasteiger partial charge in [-0.1, -0.05) is 31.9 Å². The summed E-state index contributed by atoms with van der Waals surface area (Å²) in [6, 6.07) is 7.71. The molecule has 170 valence electrons. The van der Waals surface area contributed by atoms with Crippen molar-refractivity contribution in [3.05, 3.63) is 35.4 Å². The van der Waals surface area contributed by atoms with Gasteiger partial charge >= 0.3 is 0 Å². The Morgan fingerprint density at radius 3 is 2.43 bits per heavy atom. The highest BCUT2D eigenvalue weighted by molar-refractivity contribution is 14.0. The lowest BCUT2D eigenvalue weighted by Crippen LogP contribution is -2.46. The number of amides is 1. The van der Waals surface area contributed by atoms with Crippen molar-refractivity contribution in [1.29, 1.82) is 0 Å². The summed E-state index contributed by atoms with van der Waals surface area (Å²) in [5, 5.41) is 9.80. The molecule has 3 N–H and O–H groups in total. The molecule has 0 radical (unpaired) electrons. The van der Waals surface area contributed by atoms with Gasteiger partial charge in [0, 0.05) is 38.9 Å². The summed E-state index contributed by atoms with van der Waals surface area (Å²) in [5.41, 5.74) is 2.13. The van der Waals surface area contributed by atoms with Gasteiger partial charge in [0.2, 0.25) is 0 Å². The minimum Gasteiger partial charge on any atom is -0.385 e. The van der Waals surface area contributed by atoms with Crippen molar-refractivity contribution in [3.8, 4) is 0 Å². The van der Waals surface area contributed by atoms with E-state index in [1.54, 1.807) is 7.11 Å². The maximum atomic E-state index is 12.1. The molecule has 7 heteroatoms. The van der Waals surface area contributed by atoms with E-state index in [0.717, 1.165) is 57.0 Å². The van der Waals surface area contributed by atoms with Gasteiger partial charge < -0.3 is 20.7 Å².